The van der Waals surface area contributed by atoms with E-state index in [2.05, 4.69) is 35.9 Å². The molecular weight excluding hydrogens is 214 g/mol. The van der Waals surface area contributed by atoms with E-state index in [9.17, 15) is 0 Å². The van der Waals surface area contributed by atoms with Crippen molar-refractivity contribution in [3.8, 4) is 5.75 Å². The molecule has 1 aliphatic rings. The second-order valence-electron chi connectivity index (χ2n) is 5.21. The monoisotopic (exact) mass is 237 g/mol. The van der Waals surface area contributed by atoms with E-state index in [1.807, 2.05) is 6.20 Å². The van der Waals surface area contributed by atoms with Gasteiger partial charge in [0.2, 0.25) is 0 Å². The predicted molar refractivity (Wildman–Crippen MR) is 68.6 cm³/mol. The van der Waals surface area contributed by atoms with E-state index in [4.69, 9.17) is 4.74 Å². The van der Waals surface area contributed by atoms with Gasteiger partial charge >= 0.3 is 0 Å². The van der Waals surface area contributed by atoms with E-state index in [-0.39, 0.29) is 0 Å². The Morgan fingerprint density at radius 1 is 1.53 bits per heavy atom. The number of rotatable bonds is 3. The molecule has 0 amide bonds. The standard InChI is InChI=1S/C13H23N3O/c1-9(2)16-13(12(17-4)8-15-16)11-5-6-14-7-10(11)3/h8-11,14H,5-7H2,1-4H3. The minimum Gasteiger partial charge on any atom is -0.493 e. The van der Waals surface area contributed by atoms with Crippen molar-refractivity contribution in [1.29, 1.82) is 0 Å². The second-order valence-corrected chi connectivity index (χ2v) is 5.21. The minimum atomic E-state index is 0.385. The van der Waals surface area contributed by atoms with Crippen LogP contribution >= 0.6 is 0 Å². The van der Waals surface area contributed by atoms with Crippen LogP contribution in [0.1, 0.15) is 44.8 Å². The van der Waals surface area contributed by atoms with E-state index >= 15 is 0 Å². The molecular formula is C13H23N3O. The molecule has 2 atom stereocenters. The highest BCUT2D eigenvalue weighted by Gasteiger charge is 2.29. The van der Waals surface area contributed by atoms with Crippen LogP contribution in [0.4, 0.5) is 0 Å². The molecule has 0 aliphatic carbocycles. The van der Waals surface area contributed by atoms with Gasteiger partial charge in [0.1, 0.15) is 0 Å². The number of hydrogen-bond donors (Lipinski definition) is 1. The Balaban J connectivity index is 2.37. The number of nitrogens with zero attached hydrogens (tertiary/aromatic N) is 2. The lowest BCUT2D eigenvalue weighted by atomic mass is 9.85. The first kappa shape index (κ1) is 12.4. The molecule has 1 aromatic heterocycles. The van der Waals surface area contributed by atoms with E-state index in [1.54, 1.807) is 7.11 Å². The van der Waals surface area contributed by atoms with Gasteiger partial charge in [-0.25, -0.2) is 0 Å². The quantitative estimate of drug-likeness (QED) is 0.876. The third-order valence-electron chi connectivity index (χ3n) is 3.64. The molecule has 0 saturated carbocycles. The fraction of sp³-hybridized carbons (Fsp3) is 0.769. The van der Waals surface area contributed by atoms with Crippen molar-refractivity contribution in [2.24, 2.45) is 5.92 Å². The van der Waals surface area contributed by atoms with Crippen molar-refractivity contribution in [3.05, 3.63) is 11.9 Å². The van der Waals surface area contributed by atoms with Crippen LogP contribution < -0.4 is 10.1 Å². The maximum atomic E-state index is 5.47. The SMILES string of the molecule is COc1cnn(C(C)C)c1C1CCNCC1C. The Kier molecular flexibility index (Phi) is 3.72. The number of nitrogens with one attached hydrogen (secondary N) is 1. The van der Waals surface area contributed by atoms with Crippen molar-refractivity contribution in [3.63, 3.8) is 0 Å². The molecule has 0 radical (unpaired) electrons. The summed E-state index contributed by atoms with van der Waals surface area (Å²) in [5.41, 5.74) is 1.27. The summed E-state index contributed by atoms with van der Waals surface area (Å²) in [7, 11) is 1.73. The number of aromatic nitrogens is 2. The van der Waals surface area contributed by atoms with E-state index in [1.165, 1.54) is 5.69 Å². The van der Waals surface area contributed by atoms with Crippen LogP contribution in [0.15, 0.2) is 6.20 Å². The first-order valence-corrected chi connectivity index (χ1v) is 6.47. The first-order chi connectivity index (χ1) is 8.15. The molecule has 96 valence electrons. The third kappa shape index (κ3) is 2.32. The lowest BCUT2D eigenvalue weighted by Crippen LogP contribution is -2.35. The zero-order chi connectivity index (χ0) is 12.4. The molecule has 4 heteroatoms. The van der Waals surface area contributed by atoms with Crippen LogP contribution in [0.5, 0.6) is 5.75 Å². The normalized spacial score (nSPS) is 25.2. The van der Waals surface area contributed by atoms with Crippen LogP contribution in [0.3, 0.4) is 0 Å². The molecule has 2 unspecified atom stereocenters. The Morgan fingerprint density at radius 2 is 2.29 bits per heavy atom. The molecule has 4 nitrogen and oxygen atoms in total. The average molecular weight is 237 g/mol. The van der Waals surface area contributed by atoms with E-state index in [0.29, 0.717) is 17.9 Å². The summed E-state index contributed by atoms with van der Waals surface area (Å²) in [5, 5.41) is 7.91. The molecule has 1 saturated heterocycles. The van der Waals surface area contributed by atoms with Gasteiger partial charge in [-0.15, -0.1) is 0 Å². The Morgan fingerprint density at radius 3 is 2.88 bits per heavy atom. The van der Waals surface area contributed by atoms with Gasteiger partial charge in [0, 0.05) is 12.0 Å². The Hall–Kier alpha value is -1.03. The highest BCUT2D eigenvalue weighted by Crippen LogP contribution is 2.36. The largest absolute Gasteiger partial charge is 0.493 e. The van der Waals surface area contributed by atoms with Crippen LogP contribution in [0.2, 0.25) is 0 Å². The Bertz CT molecular complexity index is 373. The Labute approximate surface area is 103 Å². The summed E-state index contributed by atoms with van der Waals surface area (Å²) < 4.78 is 7.59. The molecule has 0 bridgehead atoms. The van der Waals surface area contributed by atoms with Gasteiger partial charge in [-0.2, -0.15) is 5.10 Å². The summed E-state index contributed by atoms with van der Waals surface area (Å²) >= 11 is 0. The minimum absolute atomic E-state index is 0.385. The molecule has 1 fully saturated rings. The topological polar surface area (TPSA) is 39.1 Å². The first-order valence-electron chi connectivity index (χ1n) is 6.47. The van der Waals surface area contributed by atoms with Crippen molar-refractivity contribution in [2.75, 3.05) is 20.2 Å². The second kappa shape index (κ2) is 5.08. The smallest absolute Gasteiger partial charge is 0.160 e. The van der Waals surface area contributed by atoms with Crippen LogP contribution in [0, 0.1) is 5.92 Å². The van der Waals surface area contributed by atoms with Gasteiger partial charge in [-0.1, -0.05) is 6.92 Å². The highest BCUT2D eigenvalue weighted by atomic mass is 16.5. The highest BCUT2D eigenvalue weighted by molar-refractivity contribution is 5.30. The number of hydrogen-bond acceptors (Lipinski definition) is 3. The van der Waals surface area contributed by atoms with Gasteiger partial charge in [-0.3, -0.25) is 4.68 Å². The van der Waals surface area contributed by atoms with E-state index < -0.39 is 0 Å². The fourth-order valence-electron chi connectivity index (χ4n) is 2.70. The fourth-order valence-corrected chi connectivity index (χ4v) is 2.70. The molecule has 1 N–H and O–H groups in total. The number of methoxy groups -OCH3 is 1. The number of piperidine rings is 1. The molecule has 1 aliphatic heterocycles. The van der Waals surface area contributed by atoms with E-state index in [0.717, 1.165) is 25.3 Å². The lowest BCUT2D eigenvalue weighted by Gasteiger charge is -2.31. The average Bonchev–Trinajstić information content (AvgIpc) is 2.73. The maximum Gasteiger partial charge on any atom is 0.160 e. The van der Waals surface area contributed by atoms with Gasteiger partial charge in [-0.05, 0) is 39.3 Å². The molecule has 17 heavy (non-hydrogen) atoms. The van der Waals surface area contributed by atoms with Crippen molar-refractivity contribution >= 4 is 0 Å². The van der Waals surface area contributed by atoms with Gasteiger partial charge in [0.05, 0.1) is 19.0 Å². The van der Waals surface area contributed by atoms with Crippen LogP contribution in [0.25, 0.3) is 0 Å². The lowest BCUT2D eigenvalue weighted by molar-refractivity contribution is 0.313. The van der Waals surface area contributed by atoms with Crippen molar-refractivity contribution in [2.45, 2.75) is 39.2 Å². The van der Waals surface area contributed by atoms with Crippen LogP contribution in [-0.2, 0) is 0 Å². The van der Waals surface area contributed by atoms with Gasteiger partial charge < -0.3 is 10.1 Å². The van der Waals surface area contributed by atoms with Crippen molar-refractivity contribution < 1.29 is 4.74 Å². The summed E-state index contributed by atoms with van der Waals surface area (Å²) in [6, 6.07) is 0.385. The maximum absolute atomic E-state index is 5.47. The summed E-state index contributed by atoms with van der Waals surface area (Å²) in [6.07, 6.45) is 3.01. The summed E-state index contributed by atoms with van der Waals surface area (Å²) in [5.74, 6) is 2.13. The molecule has 2 heterocycles. The molecule has 2 rings (SSSR count). The summed E-state index contributed by atoms with van der Waals surface area (Å²) in [6.45, 7) is 8.80. The van der Waals surface area contributed by atoms with Crippen molar-refractivity contribution in [1.82, 2.24) is 15.1 Å². The molecule has 0 spiro atoms. The van der Waals surface area contributed by atoms with Gasteiger partial charge in [0.25, 0.3) is 0 Å². The summed E-state index contributed by atoms with van der Waals surface area (Å²) in [4.78, 5) is 0. The molecule has 1 aromatic rings. The third-order valence-corrected chi connectivity index (χ3v) is 3.64. The zero-order valence-electron chi connectivity index (χ0n) is 11.2. The number of ether oxygens (including phenoxy) is 1. The molecule has 0 aromatic carbocycles. The van der Waals surface area contributed by atoms with Crippen LogP contribution in [-0.4, -0.2) is 30.0 Å². The van der Waals surface area contributed by atoms with Gasteiger partial charge in [0.15, 0.2) is 5.75 Å². The predicted octanol–water partition coefficient (Wildman–Crippen LogP) is 2.19. The zero-order valence-corrected chi connectivity index (χ0v) is 11.2.